The van der Waals surface area contributed by atoms with Gasteiger partial charge in [0.15, 0.2) is 5.65 Å². The summed E-state index contributed by atoms with van der Waals surface area (Å²) in [5.41, 5.74) is 2.59. The van der Waals surface area contributed by atoms with E-state index in [0.717, 1.165) is 29.7 Å². The minimum atomic E-state index is -4.68. The van der Waals surface area contributed by atoms with Crippen molar-refractivity contribution in [2.45, 2.75) is 38.8 Å². The van der Waals surface area contributed by atoms with Crippen LogP contribution in [-0.4, -0.2) is 44.3 Å². The lowest BCUT2D eigenvalue weighted by molar-refractivity contribution is -0.135. The van der Waals surface area contributed by atoms with Crippen molar-refractivity contribution < 1.29 is 27.9 Å². The Morgan fingerprint density at radius 3 is 2.42 bits per heavy atom. The Bertz CT molecular complexity index is 1440. The van der Waals surface area contributed by atoms with E-state index in [2.05, 4.69) is 17.0 Å². The fourth-order valence-electron chi connectivity index (χ4n) is 4.84. The fraction of sp³-hybridized carbons (Fsp3) is 0.333. The Balaban J connectivity index is 1.48. The van der Waals surface area contributed by atoms with Crippen LogP contribution in [0.25, 0.3) is 27.3 Å². The number of carboxylic acid groups (broad SMARTS) is 1. The predicted molar refractivity (Wildman–Crippen MR) is 138 cm³/mol. The number of anilines is 1. The van der Waals surface area contributed by atoms with Crippen LogP contribution in [0.15, 0.2) is 54.9 Å². The Morgan fingerprint density at radius 1 is 1.11 bits per heavy atom. The molecular formula is C27H25F3N4O3S. The summed E-state index contributed by atoms with van der Waals surface area (Å²) in [5.74, 6) is -2.19. The first-order chi connectivity index (χ1) is 18.1. The number of alkyl halides is 3. The first-order valence-electron chi connectivity index (χ1n) is 12.3. The summed E-state index contributed by atoms with van der Waals surface area (Å²) in [6.07, 6.45) is 1.27. The molecule has 1 aliphatic carbocycles. The normalized spacial score (nSPS) is 18.0. The van der Waals surface area contributed by atoms with Crippen molar-refractivity contribution in [3.05, 3.63) is 59.7 Å². The molecule has 0 saturated heterocycles. The Morgan fingerprint density at radius 2 is 1.79 bits per heavy atom. The maximum atomic E-state index is 13.6. The average Bonchev–Trinajstić information content (AvgIpc) is 3.52. The zero-order valence-corrected chi connectivity index (χ0v) is 21.3. The highest BCUT2D eigenvalue weighted by Crippen LogP contribution is 2.40. The van der Waals surface area contributed by atoms with Gasteiger partial charge in [0.1, 0.15) is 11.4 Å². The number of carbonyl (C=O) groups is 2. The number of hydrogen-bond acceptors (Lipinski definition) is 5. The number of amides is 1. The molecule has 1 amide bonds. The van der Waals surface area contributed by atoms with Crippen LogP contribution in [0.2, 0.25) is 0 Å². The molecule has 5 rings (SSSR count). The quantitative estimate of drug-likeness (QED) is 0.299. The number of carbonyl (C=O) groups excluding carboxylic acids is 1. The molecule has 0 spiro atoms. The van der Waals surface area contributed by atoms with Crippen LogP contribution < -0.4 is 4.90 Å². The number of fused-ring (bicyclic) bond motifs is 1. The zero-order chi connectivity index (χ0) is 27.0. The third kappa shape index (κ3) is 5.42. The summed E-state index contributed by atoms with van der Waals surface area (Å²) in [5, 5.41) is 14.3. The maximum absolute atomic E-state index is 13.6. The van der Waals surface area contributed by atoms with Crippen molar-refractivity contribution in [2.75, 3.05) is 11.4 Å². The summed E-state index contributed by atoms with van der Waals surface area (Å²) in [4.78, 5) is 30.4. The van der Waals surface area contributed by atoms with E-state index in [0.29, 0.717) is 45.4 Å². The van der Waals surface area contributed by atoms with E-state index in [-0.39, 0.29) is 10.6 Å². The van der Waals surface area contributed by atoms with Gasteiger partial charge in [0.05, 0.1) is 11.4 Å². The van der Waals surface area contributed by atoms with Gasteiger partial charge >= 0.3 is 12.1 Å². The maximum Gasteiger partial charge on any atom is 0.406 e. The van der Waals surface area contributed by atoms with Crippen LogP contribution in [-0.2, 0) is 4.79 Å². The van der Waals surface area contributed by atoms with Gasteiger partial charge in [0.25, 0.3) is 0 Å². The second-order valence-corrected chi connectivity index (χ2v) is 10.7. The molecule has 0 unspecified atom stereocenters. The van der Waals surface area contributed by atoms with E-state index in [1.807, 2.05) is 6.07 Å². The summed E-state index contributed by atoms with van der Waals surface area (Å²) in [6, 6.07) is 12.1. The molecule has 3 aromatic heterocycles. The second kappa shape index (κ2) is 10.2. The number of carboxylic acids is 1. The molecule has 0 aliphatic heterocycles. The van der Waals surface area contributed by atoms with Crippen LogP contribution >= 0.6 is 11.3 Å². The van der Waals surface area contributed by atoms with Crippen LogP contribution in [0.4, 0.5) is 18.9 Å². The van der Waals surface area contributed by atoms with E-state index >= 15 is 0 Å². The number of nitrogens with zero attached hydrogens (tertiary/aromatic N) is 4. The standard InChI is InChI=1S/C27H25F3N4O3S/c1-16-3-5-19(6-4-16)25(35)33(15-27(28,29)30)21-14-22(38-24(21)26(36)37)18-9-7-17(8-10-18)20-13-23-31-11-2-12-34(23)32-20/h2,7-14,16,19H,3-6,15H2,1H3,(H,36,37). The molecule has 1 aromatic carbocycles. The minimum absolute atomic E-state index is 0.214. The van der Waals surface area contributed by atoms with Crippen molar-refractivity contribution in [2.24, 2.45) is 11.8 Å². The lowest BCUT2D eigenvalue weighted by atomic mass is 9.82. The summed E-state index contributed by atoms with van der Waals surface area (Å²) in [7, 11) is 0. The molecular weight excluding hydrogens is 517 g/mol. The van der Waals surface area contributed by atoms with Crippen molar-refractivity contribution in [1.29, 1.82) is 0 Å². The number of halogens is 3. The van der Waals surface area contributed by atoms with Crippen molar-refractivity contribution >= 4 is 34.5 Å². The highest BCUT2D eigenvalue weighted by molar-refractivity contribution is 7.18. The van der Waals surface area contributed by atoms with Crippen molar-refractivity contribution in [3.63, 3.8) is 0 Å². The molecule has 38 heavy (non-hydrogen) atoms. The predicted octanol–water partition coefficient (Wildman–Crippen LogP) is 6.54. The first-order valence-corrected chi connectivity index (χ1v) is 13.1. The number of rotatable bonds is 6. The van der Waals surface area contributed by atoms with Crippen LogP contribution in [0.5, 0.6) is 0 Å². The van der Waals surface area contributed by atoms with Gasteiger partial charge in [-0.05, 0) is 49.3 Å². The molecule has 1 saturated carbocycles. The van der Waals surface area contributed by atoms with E-state index in [1.54, 1.807) is 47.2 Å². The number of benzene rings is 1. The minimum Gasteiger partial charge on any atom is -0.477 e. The van der Waals surface area contributed by atoms with E-state index in [1.165, 1.54) is 6.07 Å². The molecule has 0 atom stereocenters. The fourth-order valence-corrected chi connectivity index (χ4v) is 5.85. The smallest absolute Gasteiger partial charge is 0.406 e. The zero-order valence-electron chi connectivity index (χ0n) is 20.5. The van der Waals surface area contributed by atoms with Crippen LogP contribution in [0, 0.1) is 11.8 Å². The molecule has 0 bridgehead atoms. The van der Waals surface area contributed by atoms with Crippen LogP contribution in [0.3, 0.4) is 0 Å². The molecule has 3 heterocycles. The monoisotopic (exact) mass is 542 g/mol. The average molecular weight is 543 g/mol. The lowest BCUT2D eigenvalue weighted by Crippen LogP contribution is -2.43. The van der Waals surface area contributed by atoms with Gasteiger partial charge < -0.3 is 10.0 Å². The molecule has 1 fully saturated rings. The highest BCUT2D eigenvalue weighted by Gasteiger charge is 2.39. The lowest BCUT2D eigenvalue weighted by Gasteiger charge is -2.31. The van der Waals surface area contributed by atoms with E-state index in [4.69, 9.17) is 0 Å². The first kappa shape index (κ1) is 25.9. The molecule has 198 valence electrons. The van der Waals surface area contributed by atoms with Gasteiger partial charge in [-0.3, -0.25) is 4.79 Å². The molecule has 7 nitrogen and oxygen atoms in total. The topological polar surface area (TPSA) is 87.8 Å². The molecule has 1 aliphatic rings. The Labute approximate surface area is 220 Å². The third-order valence-corrected chi connectivity index (χ3v) is 8.03. The highest BCUT2D eigenvalue weighted by atomic mass is 32.1. The van der Waals surface area contributed by atoms with Crippen LogP contribution in [0.1, 0.15) is 42.3 Å². The van der Waals surface area contributed by atoms with E-state index < -0.39 is 30.5 Å². The van der Waals surface area contributed by atoms with E-state index in [9.17, 15) is 27.9 Å². The summed E-state index contributed by atoms with van der Waals surface area (Å²) < 4.78 is 42.4. The van der Waals surface area contributed by atoms with Gasteiger partial charge in [0.2, 0.25) is 5.91 Å². The molecule has 1 N–H and O–H groups in total. The van der Waals surface area contributed by atoms with Gasteiger partial charge in [-0.1, -0.05) is 31.2 Å². The molecule has 4 aromatic rings. The molecule has 0 radical (unpaired) electrons. The van der Waals surface area contributed by atoms with Gasteiger partial charge in [-0.15, -0.1) is 11.3 Å². The van der Waals surface area contributed by atoms with Gasteiger partial charge in [-0.2, -0.15) is 18.3 Å². The Kier molecular flexibility index (Phi) is 6.95. The van der Waals surface area contributed by atoms with Gasteiger partial charge in [0, 0.05) is 34.8 Å². The number of aromatic carboxylic acids is 1. The SMILES string of the molecule is CC1CCC(C(=O)N(CC(F)(F)F)c2cc(-c3ccc(-c4cc5ncccn5n4)cc3)sc2C(=O)O)CC1. The number of thiophene rings is 1. The summed E-state index contributed by atoms with van der Waals surface area (Å²) in [6.45, 7) is 0.522. The summed E-state index contributed by atoms with van der Waals surface area (Å²) >= 11 is 0.854. The third-order valence-electron chi connectivity index (χ3n) is 6.87. The number of hydrogen-bond donors (Lipinski definition) is 1. The van der Waals surface area contributed by atoms with Crippen molar-refractivity contribution in [3.8, 4) is 21.7 Å². The Hall–Kier alpha value is -3.73. The van der Waals surface area contributed by atoms with Crippen molar-refractivity contribution in [1.82, 2.24) is 14.6 Å². The second-order valence-electron chi connectivity index (χ2n) is 9.66. The number of aromatic nitrogens is 3. The molecule has 11 heteroatoms. The largest absolute Gasteiger partial charge is 0.477 e. The van der Waals surface area contributed by atoms with Gasteiger partial charge in [-0.25, -0.2) is 14.3 Å².